The number of carbonyl (C=O) groups excluding carboxylic acids is 1. The molecule has 0 heterocycles. The van der Waals surface area contributed by atoms with E-state index in [1.165, 1.54) is 0 Å². The Kier molecular flexibility index (Phi) is 6.74. The highest BCUT2D eigenvalue weighted by Crippen LogP contribution is 2.21. The summed E-state index contributed by atoms with van der Waals surface area (Å²) in [6, 6.07) is 22.5. The smallest absolute Gasteiger partial charge is 0.262 e. The topological polar surface area (TPSA) is 50.4 Å². The Labute approximate surface area is 171 Å². The van der Waals surface area contributed by atoms with Crippen molar-refractivity contribution < 1.29 is 9.53 Å². The second-order valence-electron chi connectivity index (χ2n) is 5.81. The van der Waals surface area contributed by atoms with Gasteiger partial charge in [0.25, 0.3) is 5.91 Å². The zero-order chi connectivity index (χ0) is 19.1. The van der Waals surface area contributed by atoms with Crippen LogP contribution in [0.15, 0.2) is 77.3 Å². The highest BCUT2D eigenvalue weighted by Gasteiger charge is 2.07. The number of anilines is 2. The summed E-state index contributed by atoms with van der Waals surface area (Å²) in [5.41, 5.74) is 2.66. The van der Waals surface area contributed by atoms with Crippen LogP contribution in [0.1, 0.15) is 5.56 Å². The highest BCUT2D eigenvalue weighted by atomic mass is 79.9. The minimum Gasteiger partial charge on any atom is -0.483 e. The molecule has 0 radical (unpaired) electrons. The number of ether oxygens (including phenoxy) is 1. The summed E-state index contributed by atoms with van der Waals surface area (Å²) >= 11 is 9.26. The summed E-state index contributed by atoms with van der Waals surface area (Å²) in [6.07, 6.45) is 0. The quantitative estimate of drug-likeness (QED) is 0.488. The average Bonchev–Trinajstić information content (AvgIpc) is 2.68. The lowest BCUT2D eigenvalue weighted by atomic mass is 10.2. The molecule has 0 saturated carbocycles. The second-order valence-corrected chi connectivity index (χ2v) is 7.16. The summed E-state index contributed by atoms with van der Waals surface area (Å²) in [5.74, 6) is 0.446. The van der Waals surface area contributed by atoms with Crippen LogP contribution in [0.25, 0.3) is 0 Å². The molecule has 0 unspecified atom stereocenters. The molecule has 0 atom stereocenters. The Morgan fingerprint density at radius 3 is 2.33 bits per heavy atom. The van der Waals surface area contributed by atoms with Gasteiger partial charge in [-0.2, -0.15) is 0 Å². The first-order valence-corrected chi connectivity index (χ1v) is 9.53. The van der Waals surface area contributed by atoms with Crippen LogP contribution in [0.5, 0.6) is 5.75 Å². The number of halogens is 2. The second kappa shape index (κ2) is 9.44. The third-order valence-electron chi connectivity index (χ3n) is 3.79. The lowest BCUT2D eigenvalue weighted by molar-refractivity contribution is -0.118. The summed E-state index contributed by atoms with van der Waals surface area (Å²) in [7, 11) is 0. The molecule has 0 aromatic heterocycles. The maximum Gasteiger partial charge on any atom is 0.262 e. The van der Waals surface area contributed by atoms with Crippen molar-refractivity contribution in [1.82, 2.24) is 0 Å². The van der Waals surface area contributed by atoms with Crippen LogP contribution in [0, 0.1) is 0 Å². The van der Waals surface area contributed by atoms with Crippen molar-refractivity contribution in [3.05, 3.63) is 87.9 Å². The number of carbonyl (C=O) groups is 1. The molecule has 0 fully saturated rings. The molecular formula is C21H18BrClN2O2. The zero-order valence-corrected chi connectivity index (χ0v) is 16.8. The van der Waals surface area contributed by atoms with Crippen molar-refractivity contribution >= 4 is 44.8 Å². The lowest BCUT2D eigenvalue weighted by Crippen LogP contribution is -2.20. The van der Waals surface area contributed by atoms with Crippen molar-refractivity contribution in [1.29, 1.82) is 0 Å². The Morgan fingerprint density at radius 2 is 1.59 bits per heavy atom. The molecule has 1 amide bonds. The van der Waals surface area contributed by atoms with Crippen LogP contribution in [0.3, 0.4) is 0 Å². The Balaban J connectivity index is 1.56. The molecule has 138 valence electrons. The van der Waals surface area contributed by atoms with Crippen molar-refractivity contribution in [2.75, 3.05) is 17.2 Å². The Bertz CT molecular complexity index is 899. The zero-order valence-electron chi connectivity index (χ0n) is 14.4. The SMILES string of the molecule is O=C(COc1ccccc1CNc1ccc(Br)cc1)Nc1ccc(Cl)cc1. The molecule has 0 spiro atoms. The number of hydrogen-bond donors (Lipinski definition) is 2. The molecule has 0 aliphatic rings. The molecule has 27 heavy (non-hydrogen) atoms. The molecule has 3 rings (SSSR count). The summed E-state index contributed by atoms with van der Waals surface area (Å²) in [4.78, 5) is 12.1. The van der Waals surface area contributed by atoms with Gasteiger partial charge in [0.1, 0.15) is 5.75 Å². The van der Waals surface area contributed by atoms with Gasteiger partial charge in [0.2, 0.25) is 0 Å². The van der Waals surface area contributed by atoms with Crippen LogP contribution in [-0.2, 0) is 11.3 Å². The molecule has 3 aromatic carbocycles. The fraction of sp³-hybridized carbons (Fsp3) is 0.0952. The molecule has 6 heteroatoms. The molecule has 0 bridgehead atoms. The van der Waals surface area contributed by atoms with Crippen LogP contribution in [0.4, 0.5) is 11.4 Å². The monoisotopic (exact) mass is 444 g/mol. The predicted molar refractivity (Wildman–Crippen MR) is 113 cm³/mol. The Hall–Kier alpha value is -2.50. The molecule has 3 aromatic rings. The summed E-state index contributed by atoms with van der Waals surface area (Å²) in [6.45, 7) is 0.522. The van der Waals surface area contributed by atoms with Gasteiger partial charge in [-0.15, -0.1) is 0 Å². The van der Waals surface area contributed by atoms with Gasteiger partial charge >= 0.3 is 0 Å². The van der Waals surface area contributed by atoms with E-state index in [1.807, 2.05) is 48.5 Å². The average molecular weight is 446 g/mol. The van der Waals surface area contributed by atoms with Gasteiger partial charge in [-0.3, -0.25) is 4.79 Å². The number of para-hydroxylation sites is 1. The standard InChI is InChI=1S/C21H18BrClN2O2/c22-16-5-9-18(10-6-16)24-13-15-3-1-2-4-20(15)27-14-21(26)25-19-11-7-17(23)8-12-19/h1-12,24H,13-14H2,(H,25,26). The minimum absolute atomic E-state index is 0.0715. The summed E-state index contributed by atoms with van der Waals surface area (Å²) < 4.78 is 6.75. The molecule has 0 aliphatic carbocycles. The van der Waals surface area contributed by atoms with E-state index >= 15 is 0 Å². The fourth-order valence-electron chi connectivity index (χ4n) is 2.43. The molecule has 4 nitrogen and oxygen atoms in total. The highest BCUT2D eigenvalue weighted by molar-refractivity contribution is 9.10. The van der Waals surface area contributed by atoms with E-state index in [0.29, 0.717) is 23.0 Å². The van der Waals surface area contributed by atoms with E-state index in [1.54, 1.807) is 24.3 Å². The first-order valence-electron chi connectivity index (χ1n) is 8.36. The van der Waals surface area contributed by atoms with E-state index in [0.717, 1.165) is 15.7 Å². The van der Waals surface area contributed by atoms with Crippen molar-refractivity contribution in [3.8, 4) is 5.75 Å². The number of benzene rings is 3. The first kappa shape index (κ1) is 19.3. The van der Waals surface area contributed by atoms with Crippen LogP contribution >= 0.6 is 27.5 Å². The number of hydrogen-bond acceptors (Lipinski definition) is 3. The maximum atomic E-state index is 12.1. The van der Waals surface area contributed by atoms with E-state index in [2.05, 4.69) is 26.6 Å². The first-order chi connectivity index (χ1) is 13.1. The van der Waals surface area contributed by atoms with Crippen LogP contribution < -0.4 is 15.4 Å². The van der Waals surface area contributed by atoms with Gasteiger partial charge in [0.15, 0.2) is 6.61 Å². The molecule has 0 saturated heterocycles. The number of nitrogens with one attached hydrogen (secondary N) is 2. The number of rotatable bonds is 7. The molecule has 2 N–H and O–H groups in total. The van der Waals surface area contributed by atoms with Crippen LogP contribution in [0.2, 0.25) is 5.02 Å². The molecular weight excluding hydrogens is 428 g/mol. The summed E-state index contributed by atoms with van der Waals surface area (Å²) in [5, 5.41) is 6.75. The van der Waals surface area contributed by atoms with E-state index in [4.69, 9.17) is 16.3 Å². The third-order valence-corrected chi connectivity index (χ3v) is 4.57. The van der Waals surface area contributed by atoms with Crippen molar-refractivity contribution in [3.63, 3.8) is 0 Å². The lowest BCUT2D eigenvalue weighted by Gasteiger charge is -2.13. The minimum atomic E-state index is -0.229. The third kappa shape index (κ3) is 6.01. The fourth-order valence-corrected chi connectivity index (χ4v) is 2.82. The van der Waals surface area contributed by atoms with E-state index in [9.17, 15) is 4.79 Å². The maximum absolute atomic E-state index is 12.1. The van der Waals surface area contributed by atoms with Gasteiger partial charge < -0.3 is 15.4 Å². The van der Waals surface area contributed by atoms with Gasteiger partial charge in [0.05, 0.1) is 0 Å². The van der Waals surface area contributed by atoms with Gasteiger partial charge in [0, 0.05) is 33.0 Å². The van der Waals surface area contributed by atoms with Gasteiger partial charge in [-0.1, -0.05) is 45.7 Å². The normalized spacial score (nSPS) is 10.3. The Morgan fingerprint density at radius 1 is 0.926 bits per heavy atom. The largest absolute Gasteiger partial charge is 0.483 e. The van der Waals surface area contributed by atoms with Gasteiger partial charge in [-0.05, 0) is 54.6 Å². The van der Waals surface area contributed by atoms with Crippen LogP contribution in [-0.4, -0.2) is 12.5 Å². The van der Waals surface area contributed by atoms with Gasteiger partial charge in [-0.25, -0.2) is 0 Å². The van der Waals surface area contributed by atoms with Crippen molar-refractivity contribution in [2.24, 2.45) is 0 Å². The number of amides is 1. The van der Waals surface area contributed by atoms with Crippen molar-refractivity contribution in [2.45, 2.75) is 6.54 Å². The van der Waals surface area contributed by atoms with E-state index < -0.39 is 0 Å². The molecule has 0 aliphatic heterocycles. The predicted octanol–water partition coefficient (Wildman–Crippen LogP) is 5.73. The van der Waals surface area contributed by atoms with E-state index in [-0.39, 0.29) is 12.5 Å².